The smallest absolute Gasteiger partial charge is 0.326 e. The Labute approximate surface area is 113 Å². The minimum Gasteiger partial charge on any atom is -0.480 e. The number of carboxylic acid groups (broad SMARTS) is 1. The van der Waals surface area contributed by atoms with Crippen molar-refractivity contribution in [3.8, 4) is 0 Å². The van der Waals surface area contributed by atoms with Crippen LogP contribution in [0, 0.1) is 0 Å². The van der Waals surface area contributed by atoms with Gasteiger partial charge in [-0.15, -0.1) is 0 Å². The average molecular weight is 273 g/mol. The Hall–Kier alpha value is -1.34. The van der Waals surface area contributed by atoms with E-state index in [4.69, 9.17) is 10.2 Å². The normalized spacial score (nSPS) is 21.7. The molecule has 2 atom stereocenters. The van der Waals surface area contributed by atoms with Gasteiger partial charge in [0.05, 0.1) is 0 Å². The molecular formula is C12H23N3O4. The SMILES string of the molecule is CCN1CCCC(NC(=O)N[C@@H](CCO)C(=O)O)C1. The molecule has 19 heavy (non-hydrogen) atoms. The van der Waals surface area contributed by atoms with E-state index in [1.54, 1.807) is 0 Å². The van der Waals surface area contributed by atoms with Gasteiger partial charge in [-0.25, -0.2) is 9.59 Å². The van der Waals surface area contributed by atoms with Crippen molar-refractivity contribution >= 4 is 12.0 Å². The lowest BCUT2D eigenvalue weighted by molar-refractivity contribution is -0.139. The first-order valence-electron chi connectivity index (χ1n) is 6.69. The average Bonchev–Trinajstić information content (AvgIpc) is 2.38. The highest BCUT2D eigenvalue weighted by molar-refractivity contribution is 5.82. The monoisotopic (exact) mass is 273 g/mol. The van der Waals surface area contributed by atoms with Crippen molar-refractivity contribution in [1.82, 2.24) is 15.5 Å². The number of nitrogens with zero attached hydrogens (tertiary/aromatic N) is 1. The van der Waals surface area contributed by atoms with Crippen LogP contribution in [-0.2, 0) is 4.79 Å². The maximum Gasteiger partial charge on any atom is 0.326 e. The van der Waals surface area contributed by atoms with Crippen LogP contribution in [0.2, 0.25) is 0 Å². The highest BCUT2D eigenvalue weighted by Gasteiger charge is 2.23. The molecule has 0 aromatic rings. The van der Waals surface area contributed by atoms with Gasteiger partial charge >= 0.3 is 12.0 Å². The second kappa shape index (κ2) is 7.96. The van der Waals surface area contributed by atoms with E-state index in [2.05, 4.69) is 22.5 Å². The summed E-state index contributed by atoms with van der Waals surface area (Å²) in [6.45, 7) is 4.58. The summed E-state index contributed by atoms with van der Waals surface area (Å²) in [6, 6.07) is -1.48. The molecule has 1 fully saturated rings. The molecule has 0 saturated carbocycles. The van der Waals surface area contributed by atoms with E-state index >= 15 is 0 Å². The van der Waals surface area contributed by atoms with Gasteiger partial charge in [-0.05, 0) is 25.9 Å². The molecule has 7 heteroatoms. The Morgan fingerprint density at radius 2 is 2.21 bits per heavy atom. The molecule has 2 amide bonds. The van der Waals surface area contributed by atoms with Crippen LogP contribution in [0.4, 0.5) is 4.79 Å². The Morgan fingerprint density at radius 3 is 2.79 bits per heavy atom. The summed E-state index contributed by atoms with van der Waals surface area (Å²) in [6.07, 6.45) is 1.94. The number of amides is 2. The molecule has 7 nitrogen and oxygen atoms in total. The van der Waals surface area contributed by atoms with E-state index < -0.39 is 18.0 Å². The molecule has 0 aromatic heterocycles. The molecule has 0 aliphatic carbocycles. The highest BCUT2D eigenvalue weighted by Crippen LogP contribution is 2.09. The highest BCUT2D eigenvalue weighted by atomic mass is 16.4. The van der Waals surface area contributed by atoms with Crippen LogP contribution < -0.4 is 10.6 Å². The van der Waals surface area contributed by atoms with E-state index in [1.807, 2.05) is 0 Å². The number of piperidine rings is 1. The fourth-order valence-corrected chi connectivity index (χ4v) is 2.23. The van der Waals surface area contributed by atoms with Crippen LogP contribution in [0.3, 0.4) is 0 Å². The topological polar surface area (TPSA) is 102 Å². The zero-order valence-corrected chi connectivity index (χ0v) is 11.3. The third kappa shape index (κ3) is 5.44. The van der Waals surface area contributed by atoms with Gasteiger partial charge in [0.2, 0.25) is 0 Å². The first-order valence-corrected chi connectivity index (χ1v) is 6.69. The maximum absolute atomic E-state index is 11.7. The summed E-state index contributed by atoms with van der Waals surface area (Å²) in [5, 5.41) is 22.8. The summed E-state index contributed by atoms with van der Waals surface area (Å²) < 4.78 is 0. The summed E-state index contributed by atoms with van der Waals surface area (Å²) in [5.41, 5.74) is 0. The van der Waals surface area contributed by atoms with Gasteiger partial charge in [0, 0.05) is 25.6 Å². The van der Waals surface area contributed by atoms with Crippen molar-refractivity contribution in [3.63, 3.8) is 0 Å². The minimum absolute atomic E-state index is 0.00844. The van der Waals surface area contributed by atoms with Gasteiger partial charge in [0.25, 0.3) is 0 Å². The van der Waals surface area contributed by atoms with Gasteiger partial charge in [-0.3, -0.25) is 0 Å². The molecule has 1 unspecified atom stereocenters. The number of hydrogen-bond acceptors (Lipinski definition) is 4. The van der Waals surface area contributed by atoms with Crippen molar-refractivity contribution in [3.05, 3.63) is 0 Å². The Balaban J connectivity index is 2.39. The summed E-state index contributed by atoms with van der Waals surface area (Å²) in [5.74, 6) is -1.14. The molecule has 4 N–H and O–H groups in total. The number of carboxylic acids is 1. The molecule has 1 saturated heterocycles. The molecule has 110 valence electrons. The molecule has 0 spiro atoms. The molecule has 1 heterocycles. The Kier molecular flexibility index (Phi) is 6.58. The number of nitrogens with one attached hydrogen (secondary N) is 2. The number of hydrogen-bond donors (Lipinski definition) is 4. The minimum atomic E-state index is -1.14. The van der Waals surface area contributed by atoms with Gasteiger partial charge < -0.3 is 25.7 Å². The predicted molar refractivity (Wildman–Crippen MR) is 69.9 cm³/mol. The van der Waals surface area contributed by atoms with Crippen LogP contribution >= 0.6 is 0 Å². The third-order valence-electron chi connectivity index (χ3n) is 3.31. The third-order valence-corrected chi connectivity index (χ3v) is 3.31. The fourth-order valence-electron chi connectivity index (χ4n) is 2.23. The van der Waals surface area contributed by atoms with Gasteiger partial charge in [-0.1, -0.05) is 6.92 Å². The van der Waals surface area contributed by atoms with Crippen molar-refractivity contribution in [2.24, 2.45) is 0 Å². The summed E-state index contributed by atoms with van der Waals surface area (Å²) in [7, 11) is 0. The van der Waals surface area contributed by atoms with E-state index in [1.165, 1.54) is 0 Å². The Morgan fingerprint density at radius 1 is 1.47 bits per heavy atom. The maximum atomic E-state index is 11.7. The number of likely N-dealkylation sites (tertiary alicyclic amines) is 1. The molecule has 1 aliphatic rings. The molecular weight excluding hydrogens is 250 g/mol. The predicted octanol–water partition coefficient (Wildman–Crippen LogP) is -0.394. The molecule has 0 aromatic carbocycles. The van der Waals surface area contributed by atoms with Crippen molar-refractivity contribution in [2.45, 2.75) is 38.3 Å². The number of aliphatic hydroxyl groups excluding tert-OH is 1. The van der Waals surface area contributed by atoms with Crippen LogP contribution in [0.25, 0.3) is 0 Å². The lowest BCUT2D eigenvalue weighted by Crippen LogP contribution is -2.53. The lowest BCUT2D eigenvalue weighted by atomic mass is 10.1. The second-order valence-corrected chi connectivity index (χ2v) is 4.75. The van der Waals surface area contributed by atoms with Crippen molar-refractivity contribution in [2.75, 3.05) is 26.2 Å². The zero-order valence-electron chi connectivity index (χ0n) is 11.3. The molecule has 0 bridgehead atoms. The summed E-state index contributed by atoms with van der Waals surface area (Å²) in [4.78, 5) is 24.8. The first-order chi connectivity index (χ1) is 9.06. The van der Waals surface area contributed by atoms with Crippen molar-refractivity contribution in [1.29, 1.82) is 0 Å². The number of urea groups is 1. The first kappa shape index (κ1) is 15.7. The van der Waals surface area contributed by atoms with E-state index in [-0.39, 0.29) is 19.1 Å². The zero-order chi connectivity index (χ0) is 14.3. The Bertz CT molecular complexity index is 311. The number of carbonyl (C=O) groups excluding carboxylic acids is 1. The van der Waals surface area contributed by atoms with Crippen molar-refractivity contribution < 1.29 is 19.8 Å². The van der Waals surface area contributed by atoms with Crippen LogP contribution in [0.1, 0.15) is 26.2 Å². The number of carbonyl (C=O) groups is 2. The number of likely N-dealkylation sites (N-methyl/N-ethyl adjacent to an activating group) is 1. The van der Waals surface area contributed by atoms with E-state index in [0.29, 0.717) is 0 Å². The second-order valence-electron chi connectivity index (χ2n) is 4.75. The van der Waals surface area contributed by atoms with Crippen LogP contribution in [0.5, 0.6) is 0 Å². The number of aliphatic hydroxyl groups is 1. The molecule has 1 aliphatic heterocycles. The molecule has 0 radical (unpaired) electrons. The van der Waals surface area contributed by atoms with E-state index in [9.17, 15) is 9.59 Å². The quantitative estimate of drug-likeness (QED) is 0.528. The number of rotatable bonds is 6. The van der Waals surface area contributed by atoms with Crippen LogP contribution in [0.15, 0.2) is 0 Å². The van der Waals surface area contributed by atoms with Crippen LogP contribution in [-0.4, -0.2) is 65.4 Å². The fraction of sp³-hybridized carbons (Fsp3) is 0.833. The van der Waals surface area contributed by atoms with Gasteiger partial charge in [0.1, 0.15) is 6.04 Å². The summed E-state index contributed by atoms with van der Waals surface area (Å²) >= 11 is 0. The molecule has 1 rings (SSSR count). The number of aliphatic carboxylic acids is 1. The van der Waals surface area contributed by atoms with E-state index in [0.717, 1.165) is 32.5 Å². The van der Waals surface area contributed by atoms with Gasteiger partial charge in [-0.2, -0.15) is 0 Å². The largest absolute Gasteiger partial charge is 0.480 e. The standard InChI is InChI=1S/C12H23N3O4/c1-2-15-6-3-4-9(8-15)13-12(19)14-10(5-7-16)11(17)18/h9-10,16H,2-8H2,1H3,(H,17,18)(H2,13,14,19)/t9?,10-/m0/s1. The lowest BCUT2D eigenvalue weighted by Gasteiger charge is -2.32. The van der Waals surface area contributed by atoms with Gasteiger partial charge in [0.15, 0.2) is 0 Å².